The minimum Gasteiger partial charge on any atom is -0.468 e. The Labute approximate surface area is 115 Å². The Morgan fingerprint density at radius 1 is 1.26 bits per heavy atom. The van der Waals surface area contributed by atoms with Crippen LogP contribution in [0.15, 0.2) is 22.8 Å². The second kappa shape index (κ2) is 11.0. The van der Waals surface area contributed by atoms with Crippen LogP contribution in [-0.2, 0) is 20.8 Å². The molecule has 0 spiro atoms. The maximum atomic E-state index is 5.62. The highest BCUT2D eigenvalue weighted by Gasteiger charge is 2.02. The molecule has 1 N–H and O–H groups in total. The molecule has 5 heteroatoms. The molecule has 5 nitrogen and oxygen atoms in total. The number of hydrogen-bond donors (Lipinski definition) is 1. The lowest BCUT2D eigenvalue weighted by molar-refractivity contribution is 0.00863. The van der Waals surface area contributed by atoms with Gasteiger partial charge in [-0.3, -0.25) is 0 Å². The molecule has 0 aliphatic heterocycles. The van der Waals surface area contributed by atoms with Crippen LogP contribution in [0.3, 0.4) is 0 Å². The summed E-state index contributed by atoms with van der Waals surface area (Å²) < 4.78 is 21.2. The second-order valence-corrected chi connectivity index (χ2v) is 4.35. The monoisotopic (exact) mass is 271 g/mol. The zero-order valence-electron chi connectivity index (χ0n) is 11.9. The molecule has 1 heterocycles. The largest absolute Gasteiger partial charge is 0.468 e. The number of rotatable bonds is 12. The molecular formula is C14H25NO4. The summed E-state index contributed by atoms with van der Waals surface area (Å²) >= 11 is 0. The van der Waals surface area contributed by atoms with Gasteiger partial charge in [-0.2, -0.15) is 0 Å². The maximum absolute atomic E-state index is 5.62. The van der Waals surface area contributed by atoms with Gasteiger partial charge in [-0.05, 0) is 25.5 Å². The third kappa shape index (κ3) is 8.77. The summed E-state index contributed by atoms with van der Waals surface area (Å²) in [7, 11) is 1.69. The van der Waals surface area contributed by atoms with Gasteiger partial charge in [0.15, 0.2) is 0 Å². The molecule has 0 fully saturated rings. The maximum Gasteiger partial charge on any atom is 0.117 e. The number of furan rings is 1. The zero-order valence-corrected chi connectivity index (χ0v) is 11.9. The molecule has 1 unspecified atom stereocenters. The summed E-state index contributed by atoms with van der Waals surface area (Å²) in [6.45, 7) is 6.29. The van der Waals surface area contributed by atoms with Crippen molar-refractivity contribution in [2.24, 2.45) is 0 Å². The molecule has 0 aliphatic carbocycles. The molecule has 0 bridgehead atoms. The third-order valence-electron chi connectivity index (χ3n) is 2.58. The van der Waals surface area contributed by atoms with Crippen LogP contribution in [0.4, 0.5) is 0 Å². The van der Waals surface area contributed by atoms with E-state index < -0.39 is 0 Å². The van der Waals surface area contributed by atoms with Crippen molar-refractivity contribution < 1.29 is 18.6 Å². The summed E-state index contributed by atoms with van der Waals surface area (Å²) in [5, 5.41) is 3.28. The first-order valence-electron chi connectivity index (χ1n) is 6.74. The normalized spacial score (nSPS) is 12.7. The fourth-order valence-corrected chi connectivity index (χ4v) is 1.59. The van der Waals surface area contributed by atoms with Crippen molar-refractivity contribution in [2.45, 2.75) is 26.0 Å². The Hall–Kier alpha value is -0.880. The van der Waals surface area contributed by atoms with Gasteiger partial charge in [0.25, 0.3) is 0 Å². The third-order valence-corrected chi connectivity index (χ3v) is 2.58. The average Bonchev–Trinajstić information content (AvgIpc) is 2.91. The average molecular weight is 271 g/mol. The Bertz CT molecular complexity index is 290. The van der Waals surface area contributed by atoms with E-state index in [0.717, 1.165) is 38.5 Å². The van der Waals surface area contributed by atoms with Crippen LogP contribution in [0, 0.1) is 0 Å². The lowest BCUT2D eigenvalue weighted by Gasteiger charge is -2.13. The molecule has 0 aromatic carbocycles. The number of methoxy groups -OCH3 is 1. The van der Waals surface area contributed by atoms with E-state index in [1.54, 1.807) is 13.4 Å². The molecule has 1 aromatic heterocycles. The van der Waals surface area contributed by atoms with Gasteiger partial charge in [0.1, 0.15) is 5.76 Å². The van der Waals surface area contributed by atoms with Crippen LogP contribution in [0.25, 0.3) is 0 Å². The van der Waals surface area contributed by atoms with Gasteiger partial charge in [0.05, 0.1) is 32.1 Å². The van der Waals surface area contributed by atoms with E-state index in [2.05, 4.69) is 5.32 Å². The van der Waals surface area contributed by atoms with Crippen LogP contribution in [0.2, 0.25) is 0 Å². The summed E-state index contributed by atoms with van der Waals surface area (Å²) in [5.74, 6) is 0.939. The zero-order chi connectivity index (χ0) is 13.8. The lowest BCUT2D eigenvalue weighted by atomic mass is 10.4. The highest BCUT2D eigenvalue weighted by Crippen LogP contribution is 1.99. The Morgan fingerprint density at radius 3 is 2.89 bits per heavy atom. The molecule has 0 aliphatic rings. The van der Waals surface area contributed by atoms with Crippen LogP contribution < -0.4 is 5.32 Å². The molecule has 1 aromatic rings. The number of hydrogen-bond acceptors (Lipinski definition) is 5. The van der Waals surface area contributed by atoms with E-state index in [-0.39, 0.29) is 6.10 Å². The van der Waals surface area contributed by atoms with Gasteiger partial charge < -0.3 is 23.9 Å². The van der Waals surface area contributed by atoms with Gasteiger partial charge in [-0.15, -0.1) is 0 Å². The quantitative estimate of drug-likeness (QED) is 0.588. The van der Waals surface area contributed by atoms with E-state index in [9.17, 15) is 0 Å². The standard InChI is InChI=1S/C14H25NO4/c1-13(11-15-12-14-5-3-8-19-14)18-10-9-17-7-4-6-16-2/h3,5,8,13,15H,4,6-7,9-12H2,1-2H3. The Balaban J connectivity index is 1.86. The summed E-state index contributed by atoms with van der Waals surface area (Å²) in [6.07, 6.45) is 2.77. The minimum absolute atomic E-state index is 0.164. The van der Waals surface area contributed by atoms with Crippen molar-refractivity contribution in [1.29, 1.82) is 0 Å². The van der Waals surface area contributed by atoms with Gasteiger partial charge in [0.2, 0.25) is 0 Å². The summed E-state index contributed by atoms with van der Waals surface area (Å²) in [4.78, 5) is 0. The molecule has 0 saturated carbocycles. The van der Waals surface area contributed by atoms with Crippen LogP contribution >= 0.6 is 0 Å². The number of nitrogens with one attached hydrogen (secondary N) is 1. The first-order chi connectivity index (χ1) is 9.33. The van der Waals surface area contributed by atoms with Crippen molar-refractivity contribution >= 4 is 0 Å². The molecule has 110 valence electrons. The molecule has 0 amide bonds. The van der Waals surface area contributed by atoms with E-state index in [4.69, 9.17) is 18.6 Å². The van der Waals surface area contributed by atoms with Crippen LogP contribution in [0.1, 0.15) is 19.1 Å². The van der Waals surface area contributed by atoms with E-state index in [1.165, 1.54) is 0 Å². The summed E-state index contributed by atoms with van der Waals surface area (Å²) in [6, 6.07) is 3.84. The van der Waals surface area contributed by atoms with Crippen molar-refractivity contribution in [3.05, 3.63) is 24.2 Å². The Kier molecular flexibility index (Phi) is 9.36. The van der Waals surface area contributed by atoms with Gasteiger partial charge in [0, 0.05) is 26.9 Å². The topological polar surface area (TPSA) is 52.9 Å². The predicted octanol–water partition coefficient (Wildman–Crippen LogP) is 1.83. The molecule has 0 radical (unpaired) electrons. The van der Waals surface area contributed by atoms with E-state index >= 15 is 0 Å². The van der Waals surface area contributed by atoms with Crippen molar-refractivity contribution in [1.82, 2.24) is 5.32 Å². The van der Waals surface area contributed by atoms with Gasteiger partial charge in [-0.25, -0.2) is 0 Å². The molecule has 1 atom stereocenters. The SMILES string of the molecule is COCCCOCCOC(C)CNCc1ccco1. The van der Waals surface area contributed by atoms with E-state index in [1.807, 2.05) is 19.1 Å². The first kappa shape index (κ1) is 16.2. The number of ether oxygens (including phenoxy) is 3. The molecular weight excluding hydrogens is 246 g/mol. The van der Waals surface area contributed by atoms with Crippen molar-refractivity contribution in [2.75, 3.05) is 40.1 Å². The van der Waals surface area contributed by atoms with Crippen LogP contribution in [-0.4, -0.2) is 46.2 Å². The molecule has 1 rings (SSSR count). The second-order valence-electron chi connectivity index (χ2n) is 4.35. The van der Waals surface area contributed by atoms with E-state index in [0.29, 0.717) is 13.2 Å². The summed E-state index contributed by atoms with van der Waals surface area (Å²) in [5.41, 5.74) is 0. The van der Waals surface area contributed by atoms with Crippen molar-refractivity contribution in [3.63, 3.8) is 0 Å². The van der Waals surface area contributed by atoms with Crippen molar-refractivity contribution in [3.8, 4) is 0 Å². The minimum atomic E-state index is 0.164. The highest BCUT2D eigenvalue weighted by molar-refractivity contribution is 4.97. The van der Waals surface area contributed by atoms with Crippen LogP contribution in [0.5, 0.6) is 0 Å². The lowest BCUT2D eigenvalue weighted by Crippen LogP contribution is -2.27. The molecule has 19 heavy (non-hydrogen) atoms. The smallest absolute Gasteiger partial charge is 0.117 e. The van der Waals surface area contributed by atoms with Gasteiger partial charge in [-0.1, -0.05) is 0 Å². The fourth-order valence-electron chi connectivity index (χ4n) is 1.59. The highest BCUT2D eigenvalue weighted by atomic mass is 16.5. The molecule has 0 saturated heterocycles. The fraction of sp³-hybridized carbons (Fsp3) is 0.714. The van der Waals surface area contributed by atoms with Gasteiger partial charge >= 0.3 is 0 Å². The Morgan fingerprint density at radius 2 is 2.16 bits per heavy atom. The first-order valence-corrected chi connectivity index (χ1v) is 6.74. The predicted molar refractivity (Wildman–Crippen MR) is 73.1 cm³/mol.